The second kappa shape index (κ2) is 5.68. The van der Waals surface area contributed by atoms with E-state index in [2.05, 4.69) is 46.6 Å². The topological polar surface area (TPSA) is 28.2 Å². The van der Waals surface area contributed by atoms with E-state index in [1.807, 2.05) is 7.05 Å². The highest BCUT2D eigenvalue weighted by molar-refractivity contribution is 5.78. The summed E-state index contributed by atoms with van der Waals surface area (Å²) in [6.45, 7) is 4.49. The fraction of sp³-hybridized carbons (Fsp3) is 0.438. The molecule has 1 N–H and O–H groups in total. The van der Waals surface area contributed by atoms with E-state index in [1.165, 1.54) is 30.6 Å². The molecule has 0 saturated carbocycles. The van der Waals surface area contributed by atoms with Crippen molar-refractivity contribution in [1.82, 2.24) is 15.2 Å². The molecule has 1 aromatic carbocycles. The van der Waals surface area contributed by atoms with Gasteiger partial charge in [-0.3, -0.25) is 9.88 Å². The Hall–Kier alpha value is -1.45. The van der Waals surface area contributed by atoms with Gasteiger partial charge in [-0.2, -0.15) is 0 Å². The molecule has 1 aromatic heterocycles. The monoisotopic (exact) mass is 255 g/mol. The van der Waals surface area contributed by atoms with E-state index < -0.39 is 0 Å². The van der Waals surface area contributed by atoms with Gasteiger partial charge >= 0.3 is 0 Å². The number of likely N-dealkylation sites (tertiary alicyclic amines) is 1. The highest BCUT2D eigenvalue weighted by Gasteiger charge is 2.21. The number of hydrogen-bond acceptors (Lipinski definition) is 3. The van der Waals surface area contributed by atoms with Crippen LogP contribution in [-0.2, 0) is 6.54 Å². The zero-order valence-electron chi connectivity index (χ0n) is 11.5. The van der Waals surface area contributed by atoms with Gasteiger partial charge in [0.1, 0.15) is 0 Å². The van der Waals surface area contributed by atoms with Crippen molar-refractivity contribution in [2.75, 3.05) is 26.7 Å². The summed E-state index contributed by atoms with van der Waals surface area (Å²) in [6, 6.07) is 12.7. The minimum absolute atomic E-state index is 0.797. The lowest BCUT2D eigenvalue weighted by molar-refractivity contribution is 0.312. The molecule has 3 nitrogen and oxygen atoms in total. The van der Waals surface area contributed by atoms with E-state index >= 15 is 0 Å². The van der Waals surface area contributed by atoms with Crippen molar-refractivity contribution in [2.45, 2.75) is 13.0 Å². The minimum Gasteiger partial charge on any atom is -0.319 e. The summed E-state index contributed by atoms with van der Waals surface area (Å²) < 4.78 is 0. The molecule has 19 heavy (non-hydrogen) atoms. The van der Waals surface area contributed by atoms with Gasteiger partial charge in [0.25, 0.3) is 0 Å². The van der Waals surface area contributed by atoms with Crippen molar-refractivity contribution in [2.24, 2.45) is 5.92 Å². The Kier molecular flexibility index (Phi) is 3.76. The molecule has 3 heteroatoms. The van der Waals surface area contributed by atoms with Gasteiger partial charge in [-0.05, 0) is 44.6 Å². The summed E-state index contributed by atoms with van der Waals surface area (Å²) >= 11 is 0. The molecular formula is C16H21N3. The Morgan fingerprint density at radius 2 is 2.16 bits per heavy atom. The van der Waals surface area contributed by atoms with Crippen LogP contribution in [0.15, 0.2) is 36.4 Å². The van der Waals surface area contributed by atoms with Crippen LogP contribution in [0, 0.1) is 5.92 Å². The summed E-state index contributed by atoms with van der Waals surface area (Å²) in [4.78, 5) is 7.27. The zero-order valence-corrected chi connectivity index (χ0v) is 11.5. The average molecular weight is 255 g/mol. The van der Waals surface area contributed by atoms with Gasteiger partial charge in [0.15, 0.2) is 0 Å². The molecular weight excluding hydrogens is 234 g/mol. The van der Waals surface area contributed by atoms with Gasteiger partial charge < -0.3 is 5.32 Å². The largest absolute Gasteiger partial charge is 0.319 e. The molecule has 1 aliphatic heterocycles. The minimum atomic E-state index is 0.797. The summed E-state index contributed by atoms with van der Waals surface area (Å²) in [6.07, 6.45) is 1.30. The van der Waals surface area contributed by atoms with Crippen molar-refractivity contribution in [1.29, 1.82) is 0 Å². The predicted octanol–water partition coefficient (Wildman–Crippen LogP) is 2.28. The van der Waals surface area contributed by atoms with Crippen LogP contribution in [0.5, 0.6) is 0 Å². The van der Waals surface area contributed by atoms with Crippen molar-refractivity contribution in [3.8, 4) is 0 Å². The third-order valence-corrected chi connectivity index (χ3v) is 3.90. The molecule has 1 fully saturated rings. The molecule has 0 spiro atoms. The Balaban J connectivity index is 1.68. The zero-order chi connectivity index (χ0) is 13.1. The van der Waals surface area contributed by atoms with E-state index in [0.717, 1.165) is 24.5 Å². The van der Waals surface area contributed by atoms with E-state index in [-0.39, 0.29) is 0 Å². The molecule has 0 amide bonds. The number of benzene rings is 1. The molecule has 0 aliphatic carbocycles. The predicted molar refractivity (Wildman–Crippen MR) is 79.1 cm³/mol. The van der Waals surface area contributed by atoms with E-state index in [1.54, 1.807) is 0 Å². The fourth-order valence-electron chi connectivity index (χ4n) is 2.94. The molecule has 1 atom stereocenters. The van der Waals surface area contributed by atoms with E-state index in [4.69, 9.17) is 4.98 Å². The van der Waals surface area contributed by atoms with Crippen LogP contribution in [0.3, 0.4) is 0 Å². The summed E-state index contributed by atoms with van der Waals surface area (Å²) in [7, 11) is 2.04. The van der Waals surface area contributed by atoms with Crippen molar-refractivity contribution >= 4 is 10.9 Å². The number of hydrogen-bond donors (Lipinski definition) is 1. The highest BCUT2D eigenvalue weighted by Crippen LogP contribution is 2.19. The maximum atomic E-state index is 4.75. The molecule has 2 heterocycles. The third kappa shape index (κ3) is 2.94. The summed E-state index contributed by atoms with van der Waals surface area (Å²) in [5, 5.41) is 4.50. The van der Waals surface area contributed by atoms with Crippen molar-refractivity contribution < 1.29 is 0 Å². The van der Waals surface area contributed by atoms with E-state index in [9.17, 15) is 0 Å². The van der Waals surface area contributed by atoms with Crippen LogP contribution in [0.25, 0.3) is 10.9 Å². The van der Waals surface area contributed by atoms with Gasteiger partial charge in [0.2, 0.25) is 0 Å². The first kappa shape index (κ1) is 12.6. The Labute approximate surface area is 114 Å². The number of fused-ring (bicyclic) bond motifs is 1. The third-order valence-electron chi connectivity index (χ3n) is 3.90. The Morgan fingerprint density at radius 1 is 1.26 bits per heavy atom. The van der Waals surface area contributed by atoms with Gasteiger partial charge in [-0.1, -0.05) is 24.3 Å². The van der Waals surface area contributed by atoms with Crippen molar-refractivity contribution in [3.05, 3.63) is 42.1 Å². The second-order valence-electron chi connectivity index (χ2n) is 5.44. The molecule has 100 valence electrons. The molecule has 1 saturated heterocycles. The Bertz CT molecular complexity index is 552. The number of pyridine rings is 1. The lowest BCUT2D eigenvalue weighted by Gasteiger charge is -2.15. The van der Waals surface area contributed by atoms with Crippen LogP contribution >= 0.6 is 0 Å². The number of aromatic nitrogens is 1. The Morgan fingerprint density at radius 3 is 3.05 bits per heavy atom. The first-order valence-electron chi connectivity index (χ1n) is 7.07. The van der Waals surface area contributed by atoms with Crippen LogP contribution in [0.4, 0.5) is 0 Å². The first-order chi connectivity index (χ1) is 9.35. The smallest absolute Gasteiger partial charge is 0.0705 e. The van der Waals surface area contributed by atoms with E-state index in [0.29, 0.717) is 0 Å². The van der Waals surface area contributed by atoms with Gasteiger partial charge in [-0.25, -0.2) is 0 Å². The number of nitrogens with zero attached hydrogens (tertiary/aromatic N) is 2. The average Bonchev–Trinajstić information content (AvgIpc) is 2.86. The van der Waals surface area contributed by atoms with Crippen LogP contribution in [0.2, 0.25) is 0 Å². The van der Waals surface area contributed by atoms with Crippen LogP contribution in [-0.4, -0.2) is 36.6 Å². The molecule has 0 radical (unpaired) electrons. The quantitative estimate of drug-likeness (QED) is 0.908. The lowest BCUT2D eigenvalue weighted by atomic mass is 10.1. The SMILES string of the molecule is CNCC1CCN(Cc2ccc3ccccc3n2)C1. The number of nitrogens with one attached hydrogen (secondary N) is 1. The summed E-state index contributed by atoms with van der Waals surface area (Å²) in [5.74, 6) is 0.797. The van der Waals surface area contributed by atoms with Crippen molar-refractivity contribution in [3.63, 3.8) is 0 Å². The van der Waals surface area contributed by atoms with Crippen LogP contribution in [0.1, 0.15) is 12.1 Å². The fourth-order valence-corrected chi connectivity index (χ4v) is 2.94. The first-order valence-corrected chi connectivity index (χ1v) is 7.07. The lowest BCUT2D eigenvalue weighted by Crippen LogP contribution is -2.24. The molecule has 1 unspecified atom stereocenters. The van der Waals surface area contributed by atoms with Gasteiger partial charge in [0.05, 0.1) is 11.2 Å². The van der Waals surface area contributed by atoms with Gasteiger partial charge in [0, 0.05) is 18.5 Å². The standard InChI is InChI=1S/C16H21N3/c1-17-10-13-8-9-19(11-13)12-15-7-6-14-4-2-3-5-16(14)18-15/h2-7,13,17H,8-12H2,1H3. The molecule has 3 rings (SSSR count). The molecule has 1 aliphatic rings. The maximum Gasteiger partial charge on any atom is 0.0705 e. The highest BCUT2D eigenvalue weighted by atomic mass is 15.2. The second-order valence-corrected chi connectivity index (χ2v) is 5.44. The molecule has 0 bridgehead atoms. The summed E-state index contributed by atoms with van der Waals surface area (Å²) in [5.41, 5.74) is 2.29. The van der Waals surface area contributed by atoms with Crippen LogP contribution < -0.4 is 5.32 Å². The normalized spacial score (nSPS) is 20.2. The number of para-hydroxylation sites is 1. The van der Waals surface area contributed by atoms with Gasteiger partial charge in [-0.15, -0.1) is 0 Å². The number of rotatable bonds is 4. The maximum absolute atomic E-state index is 4.75. The molecule has 2 aromatic rings.